The molecule has 0 aliphatic heterocycles. The lowest BCUT2D eigenvalue weighted by molar-refractivity contribution is 0.475. The topological polar surface area (TPSA) is 32.3 Å². The van der Waals surface area contributed by atoms with E-state index in [1.54, 1.807) is 18.2 Å². The molecule has 2 aromatic carbocycles. The molecule has 1 atom stereocenters. The Labute approximate surface area is 120 Å². The van der Waals surface area contributed by atoms with Crippen LogP contribution in [0.3, 0.4) is 0 Å². The van der Waals surface area contributed by atoms with Crippen LogP contribution in [0.5, 0.6) is 5.75 Å². The average molecular weight is 324 g/mol. The van der Waals surface area contributed by atoms with Crippen LogP contribution in [0, 0.1) is 5.82 Å². The highest BCUT2D eigenvalue weighted by atomic mass is 79.9. The summed E-state index contributed by atoms with van der Waals surface area (Å²) in [7, 11) is 0. The number of nitrogens with one attached hydrogen (secondary N) is 1. The molecular weight excluding hydrogens is 309 g/mol. The molecule has 2 rings (SSSR count). The van der Waals surface area contributed by atoms with Gasteiger partial charge in [-0.1, -0.05) is 12.1 Å². The normalized spacial score (nSPS) is 12.2. The van der Waals surface area contributed by atoms with Gasteiger partial charge in [-0.25, -0.2) is 4.39 Å². The minimum Gasteiger partial charge on any atom is -0.508 e. The first-order valence-electron chi connectivity index (χ1n) is 6.04. The summed E-state index contributed by atoms with van der Waals surface area (Å²) in [6.45, 7) is 2.03. The molecule has 2 N–H and O–H groups in total. The third-order valence-electron chi connectivity index (χ3n) is 2.81. The Kier molecular flexibility index (Phi) is 4.43. The number of anilines is 1. The molecule has 0 saturated carbocycles. The second kappa shape index (κ2) is 6.06. The largest absolute Gasteiger partial charge is 0.508 e. The zero-order valence-electron chi connectivity index (χ0n) is 10.5. The van der Waals surface area contributed by atoms with Crippen molar-refractivity contribution in [3.63, 3.8) is 0 Å². The Morgan fingerprint density at radius 1 is 1.21 bits per heavy atom. The lowest BCUT2D eigenvalue weighted by atomic mass is 10.1. The second-order valence-electron chi connectivity index (χ2n) is 4.54. The van der Waals surface area contributed by atoms with Crippen molar-refractivity contribution in [2.45, 2.75) is 19.4 Å². The number of halogens is 2. The van der Waals surface area contributed by atoms with Gasteiger partial charge in [-0.05, 0) is 65.2 Å². The fraction of sp³-hybridized carbons (Fsp3) is 0.200. The lowest BCUT2D eigenvalue weighted by Crippen LogP contribution is -2.18. The van der Waals surface area contributed by atoms with Gasteiger partial charge in [0, 0.05) is 11.7 Å². The van der Waals surface area contributed by atoms with Gasteiger partial charge in [-0.15, -0.1) is 0 Å². The number of benzene rings is 2. The quantitative estimate of drug-likeness (QED) is 0.877. The van der Waals surface area contributed by atoms with E-state index >= 15 is 0 Å². The highest BCUT2D eigenvalue weighted by Gasteiger charge is 2.06. The smallest absolute Gasteiger partial charge is 0.139 e. The van der Waals surface area contributed by atoms with Crippen LogP contribution in [0.25, 0.3) is 0 Å². The first-order chi connectivity index (χ1) is 9.04. The number of aromatic hydroxyl groups is 1. The highest BCUT2D eigenvalue weighted by molar-refractivity contribution is 9.10. The predicted octanol–water partition coefficient (Wildman–Crippen LogP) is 4.34. The van der Waals surface area contributed by atoms with Crippen molar-refractivity contribution < 1.29 is 9.50 Å². The lowest BCUT2D eigenvalue weighted by Gasteiger charge is -2.15. The monoisotopic (exact) mass is 323 g/mol. The fourth-order valence-electron chi connectivity index (χ4n) is 1.91. The number of rotatable bonds is 4. The van der Waals surface area contributed by atoms with E-state index in [2.05, 4.69) is 21.2 Å². The average Bonchev–Trinajstić information content (AvgIpc) is 2.37. The molecule has 2 nitrogen and oxygen atoms in total. The Morgan fingerprint density at radius 2 is 1.89 bits per heavy atom. The van der Waals surface area contributed by atoms with E-state index in [9.17, 15) is 9.50 Å². The van der Waals surface area contributed by atoms with Crippen molar-refractivity contribution in [2.75, 3.05) is 5.32 Å². The first-order valence-corrected chi connectivity index (χ1v) is 6.83. The number of phenols is 1. The minimum atomic E-state index is -0.276. The highest BCUT2D eigenvalue weighted by Crippen LogP contribution is 2.20. The summed E-state index contributed by atoms with van der Waals surface area (Å²) in [6, 6.07) is 12.3. The summed E-state index contributed by atoms with van der Waals surface area (Å²) in [5.74, 6) is -0.0128. The molecule has 0 saturated heterocycles. The minimum absolute atomic E-state index is 0.171. The summed E-state index contributed by atoms with van der Waals surface area (Å²) in [6.07, 6.45) is 0.804. The zero-order valence-corrected chi connectivity index (χ0v) is 12.1. The predicted molar refractivity (Wildman–Crippen MR) is 79.0 cm³/mol. The van der Waals surface area contributed by atoms with Crippen LogP contribution < -0.4 is 5.32 Å². The Bertz CT molecular complexity index is 557. The first kappa shape index (κ1) is 13.9. The van der Waals surface area contributed by atoms with E-state index in [-0.39, 0.29) is 17.6 Å². The van der Waals surface area contributed by atoms with Crippen LogP contribution in [0.2, 0.25) is 0 Å². The van der Waals surface area contributed by atoms with Gasteiger partial charge in [0.1, 0.15) is 11.6 Å². The Morgan fingerprint density at radius 3 is 2.53 bits per heavy atom. The summed E-state index contributed by atoms with van der Waals surface area (Å²) in [5, 5.41) is 12.5. The van der Waals surface area contributed by atoms with Gasteiger partial charge >= 0.3 is 0 Å². The standard InChI is InChI=1S/C15H15BrFNO/c1-10(8-11-2-5-13(19)6-3-11)18-12-4-7-14(16)15(17)9-12/h2-7,9-10,18-19H,8H2,1H3. The second-order valence-corrected chi connectivity index (χ2v) is 5.40. The van der Waals surface area contributed by atoms with E-state index in [0.717, 1.165) is 17.7 Å². The maximum atomic E-state index is 13.4. The maximum absolute atomic E-state index is 13.4. The molecule has 1 unspecified atom stereocenters. The van der Waals surface area contributed by atoms with Gasteiger partial charge < -0.3 is 10.4 Å². The van der Waals surface area contributed by atoms with Gasteiger partial charge in [0.15, 0.2) is 0 Å². The van der Waals surface area contributed by atoms with Crippen LogP contribution in [-0.4, -0.2) is 11.1 Å². The van der Waals surface area contributed by atoms with Crippen molar-refractivity contribution in [3.8, 4) is 5.75 Å². The molecule has 0 aromatic heterocycles. The summed E-state index contributed by atoms with van der Waals surface area (Å²) < 4.78 is 13.8. The molecular formula is C15H15BrFNO. The van der Waals surface area contributed by atoms with Crippen LogP contribution in [-0.2, 0) is 6.42 Å². The number of hydrogen-bond donors (Lipinski definition) is 2. The molecule has 4 heteroatoms. The molecule has 0 aliphatic rings. The van der Waals surface area contributed by atoms with Crippen molar-refractivity contribution in [1.82, 2.24) is 0 Å². The van der Waals surface area contributed by atoms with Crippen molar-refractivity contribution in [1.29, 1.82) is 0 Å². The molecule has 0 fully saturated rings. The zero-order chi connectivity index (χ0) is 13.8. The van der Waals surface area contributed by atoms with Crippen LogP contribution in [0.15, 0.2) is 46.9 Å². The van der Waals surface area contributed by atoms with Crippen molar-refractivity contribution >= 4 is 21.6 Å². The van der Waals surface area contributed by atoms with Gasteiger partial charge in [0.25, 0.3) is 0 Å². The summed E-state index contributed by atoms with van der Waals surface area (Å²) >= 11 is 3.13. The number of phenolic OH excluding ortho intramolecular Hbond substituents is 1. The molecule has 0 heterocycles. The van der Waals surface area contributed by atoms with Crippen molar-refractivity contribution in [3.05, 3.63) is 58.3 Å². The number of hydrogen-bond acceptors (Lipinski definition) is 2. The maximum Gasteiger partial charge on any atom is 0.139 e. The van der Waals surface area contributed by atoms with Crippen LogP contribution in [0.4, 0.5) is 10.1 Å². The Balaban J connectivity index is 1.98. The molecule has 2 aromatic rings. The van der Waals surface area contributed by atoms with Gasteiger partial charge in [0.05, 0.1) is 4.47 Å². The third-order valence-corrected chi connectivity index (χ3v) is 3.45. The van der Waals surface area contributed by atoms with E-state index in [1.165, 1.54) is 6.07 Å². The van der Waals surface area contributed by atoms with Gasteiger partial charge in [-0.2, -0.15) is 0 Å². The molecule has 0 amide bonds. The molecule has 19 heavy (non-hydrogen) atoms. The SMILES string of the molecule is CC(Cc1ccc(O)cc1)Nc1ccc(Br)c(F)c1. The molecule has 0 bridgehead atoms. The third kappa shape index (κ3) is 3.96. The van der Waals surface area contributed by atoms with Gasteiger partial charge in [-0.3, -0.25) is 0 Å². The summed E-state index contributed by atoms with van der Waals surface area (Å²) in [4.78, 5) is 0. The van der Waals surface area contributed by atoms with E-state index < -0.39 is 0 Å². The molecule has 100 valence electrons. The van der Waals surface area contributed by atoms with Crippen LogP contribution >= 0.6 is 15.9 Å². The summed E-state index contributed by atoms with van der Waals surface area (Å²) in [5.41, 5.74) is 1.88. The van der Waals surface area contributed by atoms with E-state index in [1.807, 2.05) is 25.1 Å². The Hall–Kier alpha value is -1.55. The van der Waals surface area contributed by atoms with E-state index in [4.69, 9.17) is 0 Å². The fourth-order valence-corrected chi connectivity index (χ4v) is 2.15. The molecule has 0 radical (unpaired) electrons. The van der Waals surface area contributed by atoms with E-state index in [0.29, 0.717) is 4.47 Å². The molecule has 0 spiro atoms. The van der Waals surface area contributed by atoms with Gasteiger partial charge in [0.2, 0.25) is 0 Å². The van der Waals surface area contributed by atoms with Crippen LogP contribution in [0.1, 0.15) is 12.5 Å². The van der Waals surface area contributed by atoms with Crippen molar-refractivity contribution in [2.24, 2.45) is 0 Å². The molecule has 0 aliphatic carbocycles.